The summed E-state index contributed by atoms with van der Waals surface area (Å²) in [4.78, 5) is 2.13. The molecule has 0 spiro atoms. The number of rotatable bonds is 4. The van der Waals surface area contributed by atoms with Crippen molar-refractivity contribution in [2.75, 3.05) is 13.6 Å². The third-order valence-electron chi connectivity index (χ3n) is 2.96. The van der Waals surface area contributed by atoms with Crippen molar-refractivity contribution in [2.24, 2.45) is 11.1 Å². The van der Waals surface area contributed by atoms with Crippen molar-refractivity contribution in [3.63, 3.8) is 0 Å². The molecule has 0 aliphatic heterocycles. The summed E-state index contributed by atoms with van der Waals surface area (Å²) in [5.41, 5.74) is 7.19. The largest absolute Gasteiger partial charge is 0.326 e. The van der Waals surface area contributed by atoms with E-state index >= 15 is 0 Å². The van der Waals surface area contributed by atoms with Gasteiger partial charge < -0.3 is 10.6 Å². The Morgan fingerprint density at radius 2 is 2.00 bits per heavy atom. The Bertz CT molecular complexity index is 357. The maximum atomic E-state index is 13.0. The van der Waals surface area contributed by atoms with Crippen molar-refractivity contribution in [3.05, 3.63) is 35.6 Å². The highest BCUT2D eigenvalue weighted by atomic mass is 19.1. The van der Waals surface area contributed by atoms with E-state index in [2.05, 4.69) is 25.7 Å². The van der Waals surface area contributed by atoms with Crippen LogP contribution in [0.4, 0.5) is 4.39 Å². The van der Waals surface area contributed by atoms with Crippen LogP contribution < -0.4 is 5.73 Å². The van der Waals surface area contributed by atoms with Gasteiger partial charge in [0.15, 0.2) is 0 Å². The second-order valence-electron chi connectivity index (χ2n) is 5.80. The topological polar surface area (TPSA) is 29.3 Å². The zero-order valence-corrected chi connectivity index (χ0v) is 11.2. The Labute approximate surface area is 104 Å². The fourth-order valence-corrected chi connectivity index (χ4v) is 1.62. The maximum absolute atomic E-state index is 13.0. The molecule has 0 aromatic heterocycles. The summed E-state index contributed by atoms with van der Waals surface area (Å²) >= 11 is 0. The van der Waals surface area contributed by atoms with E-state index < -0.39 is 0 Å². The first-order valence-corrected chi connectivity index (χ1v) is 5.97. The molecule has 1 aromatic carbocycles. The van der Waals surface area contributed by atoms with Crippen LogP contribution in [0.1, 0.15) is 26.3 Å². The van der Waals surface area contributed by atoms with E-state index in [0.29, 0.717) is 0 Å². The molecular weight excluding hydrogens is 215 g/mol. The van der Waals surface area contributed by atoms with Crippen LogP contribution in [0.15, 0.2) is 24.3 Å². The zero-order chi connectivity index (χ0) is 13.1. The Morgan fingerprint density at radius 1 is 1.35 bits per heavy atom. The summed E-state index contributed by atoms with van der Waals surface area (Å²) < 4.78 is 13.0. The third-order valence-corrected chi connectivity index (χ3v) is 2.96. The lowest BCUT2D eigenvalue weighted by molar-refractivity contribution is 0.222. The quantitative estimate of drug-likeness (QED) is 0.873. The van der Waals surface area contributed by atoms with Gasteiger partial charge in [0.25, 0.3) is 0 Å². The van der Waals surface area contributed by atoms with Gasteiger partial charge in [-0.25, -0.2) is 4.39 Å². The van der Waals surface area contributed by atoms with Crippen molar-refractivity contribution < 1.29 is 4.39 Å². The lowest BCUT2D eigenvalue weighted by Crippen LogP contribution is -2.43. The van der Waals surface area contributed by atoms with E-state index in [1.807, 2.05) is 13.1 Å². The fraction of sp³-hybridized carbons (Fsp3) is 0.571. The molecule has 0 aliphatic carbocycles. The molecule has 0 fully saturated rings. The van der Waals surface area contributed by atoms with Gasteiger partial charge in [0.05, 0.1) is 0 Å². The minimum Gasteiger partial charge on any atom is -0.326 e. The first-order chi connectivity index (χ1) is 7.79. The second-order valence-corrected chi connectivity index (χ2v) is 5.80. The molecule has 0 saturated carbocycles. The highest BCUT2D eigenvalue weighted by molar-refractivity contribution is 5.16. The first kappa shape index (κ1) is 14.1. The van der Waals surface area contributed by atoms with Crippen LogP contribution in [0.25, 0.3) is 0 Å². The first-order valence-electron chi connectivity index (χ1n) is 5.97. The summed E-state index contributed by atoms with van der Waals surface area (Å²) in [6.45, 7) is 7.93. The molecule has 1 aromatic rings. The summed E-state index contributed by atoms with van der Waals surface area (Å²) in [5, 5.41) is 0. The number of benzene rings is 1. The van der Waals surface area contributed by atoms with E-state index in [-0.39, 0.29) is 17.3 Å². The van der Waals surface area contributed by atoms with E-state index in [4.69, 9.17) is 5.73 Å². The Morgan fingerprint density at radius 3 is 2.53 bits per heavy atom. The standard InChI is InChI=1S/C14H23FN2/c1-14(2,3)13(16)10-17(4)9-11-6-5-7-12(15)8-11/h5-8,13H,9-10,16H2,1-4H3. The van der Waals surface area contributed by atoms with Gasteiger partial charge in [0, 0.05) is 19.1 Å². The molecule has 1 rings (SSSR count). The molecule has 1 atom stereocenters. The molecule has 3 heteroatoms. The summed E-state index contributed by atoms with van der Waals surface area (Å²) in [7, 11) is 2.01. The summed E-state index contributed by atoms with van der Waals surface area (Å²) in [6.07, 6.45) is 0. The number of nitrogens with two attached hydrogens (primary N) is 1. The van der Waals surface area contributed by atoms with Gasteiger partial charge in [0.1, 0.15) is 5.82 Å². The maximum Gasteiger partial charge on any atom is 0.123 e. The molecule has 2 N–H and O–H groups in total. The molecule has 17 heavy (non-hydrogen) atoms. The number of hydrogen-bond acceptors (Lipinski definition) is 2. The smallest absolute Gasteiger partial charge is 0.123 e. The van der Waals surface area contributed by atoms with Crippen LogP contribution in [0.5, 0.6) is 0 Å². The van der Waals surface area contributed by atoms with Crippen molar-refractivity contribution >= 4 is 0 Å². The van der Waals surface area contributed by atoms with Crippen LogP contribution >= 0.6 is 0 Å². The molecule has 2 nitrogen and oxygen atoms in total. The van der Waals surface area contributed by atoms with Gasteiger partial charge in [-0.05, 0) is 30.2 Å². The van der Waals surface area contributed by atoms with Gasteiger partial charge in [-0.3, -0.25) is 0 Å². The van der Waals surface area contributed by atoms with Crippen LogP contribution in [0, 0.1) is 11.2 Å². The average Bonchev–Trinajstić information content (AvgIpc) is 2.15. The van der Waals surface area contributed by atoms with Crippen molar-refractivity contribution in [1.82, 2.24) is 4.90 Å². The van der Waals surface area contributed by atoms with E-state index in [0.717, 1.165) is 18.7 Å². The zero-order valence-electron chi connectivity index (χ0n) is 11.2. The highest BCUT2D eigenvalue weighted by Crippen LogP contribution is 2.18. The summed E-state index contributed by atoms with van der Waals surface area (Å²) in [6, 6.07) is 6.81. The molecule has 0 heterocycles. The van der Waals surface area contributed by atoms with Crippen molar-refractivity contribution in [2.45, 2.75) is 33.4 Å². The molecule has 1 unspecified atom stereocenters. The molecular formula is C14H23FN2. The minimum atomic E-state index is -0.184. The van der Waals surface area contributed by atoms with Gasteiger partial charge in [-0.2, -0.15) is 0 Å². The molecule has 0 bridgehead atoms. The SMILES string of the molecule is CN(Cc1cccc(F)c1)CC(N)C(C)(C)C. The lowest BCUT2D eigenvalue weighted by atomic mass is 9.87. The van der Waals surface area contributed by atoms with Crippen LogP contribution in [-0.4, -0.2) is 24.5 Å². The Kier molecular flexibility index (Phi) is 4.66. The highest BCUT2D eigenvalue weighted by Gasteiger charge is 2.21. The number of halogens is 1. The van der Waals surface area contributed by atoms with Gasteiger partial charge in [-0.15, -0.1) is 0 Å². The number of likely N-dealkylation sites (N-methyl/N-ethyl adjacent to an activating group) is 1. The predicted octanol–water partition coefficient (Wildman–Crippen LogP) is 2.63. The van der Waals surface area contributed by atoms with E-state index in [1.54, 1.807) is 12.1 Å². The predicted molar refractivity (Wildman–Crippen MR) is 70.2 cm³/mol. The number of hydrogen-bond donors (Lipinski definition) is 1. The van der Waals surface area contributed by atoms with E-state index in [9.17, 15) is 4.39 Å². The monoisotopic (exact) mass is 238 g/mol. The molecule has 96 valence electrons. The van der Waals surface area contributed by atoms with E-state index in [1.165, 1.54) is 6.07 Å². The second kappa shape index (κ2) is 5.61. The molecule has 0 saturated heterocycles. The molecule has 0 aliphatic rings. The normalized spacial score (nSPS) is 14.1. The molecule has 0 radical (unpaired) electrons. The summed E-state index contributed by atoms with van der Waals surface area (Å²) in [5.74, 6) is -0.184. The Balaban J connectivity index is 2.53. The Hall–Kier alpha value is -0.930. The van der Waals surface area contributed by atoms with Gasteiger partial charge >= 0.3 is 0 Å². The van der Waals surface area contributed by atoms with Crippen LogP contribution in [0.3, 0.4) is 0 Å². The fourth-order valence-electron chi connectivity index (χ4n) is 1.62. The molecule has 0 amide bonds. The van der Waals surface area contributed by atoms with Crippen LogP contribution in [-0.2, 0) is 6.54 Å². The third kappa shape index (κ3) is 4.84. The average molecular weight is 238 g/mol. The van der Waals surface area contributed by atoms with Gasteiger partial charge in [0.2, 0.25) is 0 Å². The minimum absolute atomic E-state index is 0.0935. The van der Waals surface area contributed by atoms with Gasteiger partial charge in [-0.1, -0.05) is 32.9 Å². The van der Waals surface area contributed by atoms with Crippen molar-refractivity contribution in [1.29, 1.82) is 0 Å². The lowest BCUT2D eigenvalue weighted by Gasteiger charge is -2.31. The van der Waals surface area contributed by atoms with Crippen LogP contribution in [0.2, 0.25) is 0 Å². The number of nitrogens with zero attached hydrogens (tertiary/aromatic N) is 1. The van der Waals surface area contributed by atoms with Crippen molar-refractivity contribution in [3.8, 4) is 0 Å².